The Morgan fingerprint density at radius 2 is 2.16 bits per heavy atom. The molecule has 1 N–H and O–H groups in total. The first-order chi connectivity index (χ1) is 9.17. The Balaban J connectivity index is 1.84. The second-order valence-electron chi connectivity index (χ2n) is 4.67. The van der Waals surface area contributed by atoms with Crippen LogP contribution >= 0.6 is 27.3 Å². The highest BCUT2D eigenvalue weighted by molar-refractivity contribution is 9.10. The molecule has 0 spiro atoms. The SMILES string of the molecule is CNc1cccc(CN(C)CCc2cc(Br)cs2)c1. The molecule has 102 valence electrons. The summed E-state index contributed by atoms with van der Waals surface area (Å²) in [5, 5.41) is 5.32. The van der Waals surface area contributed by atoms with E-state index in [-0.39, 0.29) is 0 Å². The van der Waals surface area contributed by atoms with Gasteiger partial charge in [0.25, 0.3) is 0 Å². The Hall–Kier alpha value is -0.840. The second kappa shape index (κ2) is 7.08. The highest BCUT2D eigenvalue weighted by Crippen LogP contribution is 2.20. The number of halogens is 1. The number of hydrogen-bond acceptors (Lipinski definition) is 3. The van der Waals surface area contributed by atoms with Crippen molar-refractivity contribution in [3.05, 3.63) is 50.6 Å². The summed E-state index contributed by atoms with van der Waals surface area (Å²) in [5.74, 6) is 0. The standard InChI is InChI=1S/C15H19BrN2S/c1-17-14-5-3-4-12(8-14)10-18(2)7-6-15-9-13(16)11-19-15/h3-5,8-9,11,17H,6-7,10H2,1-2H3. The third kappa shape index (κ3) is 4.64. The van der Waals surface area contributed by atoms with Crippen molar-refractivity contribution in [2.24, 2.45) is 0 Å². The third-order valence-corrected chi connectivity index (χ3v) is 4.79. The van der Waals surface area contributed by atoms with E-state index in [2.05, 4.69) is 68.9 Å². The van der Waals surface area contributed by atoms with E-state index in [0.29, 0.717) is 0 Å². The number of rotatable bonds is 6. The van der Waals surface area contributed by atoms with E-state index in [1.807, 2.05) is 18.4 Å². The van der Waals surface area contributed by atoms with Crippen molar-refractivity contribution >= 4 is 33.0 Å². The molecule has 0 aliphatic rings. The van der Waals surface area contributed by atoms with Gasteiger partial charge in [0.1, 0.15) is 0 Å². The van der Waals surface area contributed by atoms with Crippen LogP contribution in [-0.4, -0.2) is 25.5 Å². The summed E-state index contributed by atoms with van der Waals surface area (Å²) in [6, 6.07) is 10.8. The van der Waals surface area contributed by atoms with Gasteiger partial charge in [-0.2, -0.15) is 0 Å². The van der Waals surface area contributed by atoms with Crippen LogP contribution in [0.25, 0.3) is 0 Å². The Morgan fingerprint density at radius 3 is 2.84 bits per heavy atom. The predicted octanol–water partition coefficient (Wildman–Crippen LogP) is 4.23. The third-order valence-electron chi connectivity index (χ3n) is 3.03. The molecule has 19 heavy (non-hydrogen) atoms. The molecule has 0 saturated carbocycles. The average Bonchev–Trinajstić information content (AvgIpc) is 2.82. The largest absolute Gasteiger partial charge is 0.388 e. The number of thiophene rings is 1. The summed E-state index contributed by atoms with van der Waals surface area (Å²) in [6.45, 7) is 2.07. The van der Waals surface area contributed by atoms with E-state index in [1.54, 1.807) is 0 Å². The topological polar surface area (TPSA) is 15.3 Å². The quantitative estimate of drug-likeness (QED) is 0.847. The van der Waals surface area contributed by atoms with Gasteiger partial charge >= 0.3 is 0 Å². The maximum atomic E-state index is 3.50. The molecular weight excluding hydrogens is 320 g/mol. The Kier molecular flexibility index (Phi) is 5.43. The lowest BCUT2D eigenvalue weighted by Crippen LogP contribution is -2.20. The zero-order valence-electron chi connectivity index (χ0n) is 11.3. The number of hydrogen-bond donors (Lipinski definition) is 1. The van der Waals surface area contributed by atoms with E-state index in [9.17, 15) is 0 Å². The minimum absolute atomic E-state index is 0.988. The van der Waals surface area contributed by atoms with Gasteiger partial charge in [0.2, 0.25) is 0 Å². The maximum Gasteiger partial charge on any atom is 0.0340 e. The van der Waals surface area contributed by atoms with Crippen LogP contribution in [0.1, 0.15) is 10.4 Å². The van der Waals surface area contributed by atoms with E-state index in [0.717, 1.165) is 19.5 Å². The number of anilines is 1. The first-order valence-corrected chi connectivity index (χ1v) is 8.03. The molecule has 0 saturated heterocycles. The van der Waals surface area contributed by atoms with Gasteiger partial charge in [0.15, 0.2) is 0 Å². The molecule has 0 unspecified atom stereocenters. The fraction of sp³-hybridized carbons (Fsp3) is 0.333. The van der Waals surface area contributed by atoms with Crippen molar-refractivity contribution in [1.29, 1.82) is 0 Å². The fourth-order valence-corrected chi connectivity index (χ4v) is 3.45. The first-order valence-electron chi connectivity index (χ1n) is 6.35. The molecule has 0 bridgehead atoms. The minimum atomic E-state index is 0.988. The average molecular weight is 339 g/mol. The van der Waals surface area contributed by atoms with Crippen LogP contribution in [0.2, 0.25) is 0 Å². The van der Waals surface area contributed by atoms with Gasteiger partial charge in [0, 0.05) is 40.6 Å². The maximum absolute atomic E-state index is 3.50. The molecule has 0 atom stereocenters. The van der Waals surface area contributed by atoms with Crippen LogP contribution in [0.5, 0.6) is 0 Å². The molecule has 0 aliphatic carbocycles. The van der Waals surface area contributed by atoms with Crippen molar-refractivity contribution < 1.29 is 0 Å². The predicted molar refractivity (Wildman–Crippen MR) is 88.0 cm³/mol. The number of nitrogens with one attached hydrogen (secondary N) is 1. The van der Waals surface area contributed by atoms with Crippen LogP contribution < -0.4 is 5.32 Å². The summed E-state index contributed by atoms with van der Waals surface area (Å²) in [5.41, 5.74) is 2.52. The summed E-state index contributed by atoms with van der Waals surface area (Å²) < 4.78 is 1.19. The van der Waals surface area contributed by atoms with E-state index in [1.165, 1.54) is 20.6 Å². The molecule has 0 radical (unpaired) electrons. The summed E-state index contributed by atoms with van der Waals surface area (Å²) in [4.78, 5) is 3.80. The molecule has 4 heteroatoms. The van der Waals surface area contributed by atoms with Crippen molar-refractivity contribution in [3.63, 3.8) is 0 Å². The van der Waals surface area contributed by atoms with Crippen molar-refractivity contribution in [1.82, 2.24) is 4.90 Å². The van der Waals surface area contributed by atoms with Crippen LogP contribution in [0.3, 0.4) is 0 Å². The number of benzene rings is 1. The molecule has 0 aliphatic heterocycles. The molecule has 1 aromatic carbocycles. The molecule has 0 amide bonds. The summed E-state index contributed by atoms with van der Waals surface area (Å²) in [6.07, 6.45) is 1.11. The summed E-state index contributed by atoms with van der Waals surface area (Å²) >= 11 is 5.32. The van der Waals surface area contributed by atoms with Gasteiger partial charge in [-0.1, -0.05) is 12.1 Å². The molecule has 1 aromatic heterocycles. The van der Waals surface area contributed by atoms with Crippen molar-refractivity contribution in [3.8, 4) is 0 Å². The van der Waals surface area contributed by atoms with Crippen LogP contribution in [-0.2, 0) is 13.0 Å². The smallest absolute Gasteiger partial charge is 0.0340 e. The lowest BCUT2D eigenvalue weighted by molar-refractivity contribution is 0.332. The first kappa shape index (κ1) is 14.6. The monoisotopic (exact) mass is 338 g/mol. The molecule has 0 fully saturated rings. The molecule has 2 rings (SSSR count). The highest BCUT2D eigenvalue weighted by atomic mass is 79.9. The highest BCUT2D eigenvalue weighted by Gasteiger charge is 2.03. The molecule has 2 aromatic rings. The van der Waals surface area contributed by atoms with Gasteiger partial charge in [-0.25, -0.2) is 0 Å². The van der Waals surface area contributed by atoms with Crippen molar-refractivity contribution in [2.75, 3.05) is 26.0 Å². The fourth-order valence-electron chi connectivity index (χ4n) is 2.00. The van der Waals surface area contributed by atoms with Gasteiger partial charge in [-0.15, -0.1) is 11.3 Å². The number of likely N-dealkylation sites (N-methyl/N-ethyl adjacent to an activating group) is 1. The van der Waals surface area contributed by atoms with E-state index < -0.39 is 0 Å². The lowest BCUT2D eigenvalue weighted by Gasteiger charge is -2.16. The summed E-state index contributed by atoms with van der Waals surface area (Å²) in [7, 11) is 4.13. The molecule has 2 nitrogen and oxygen atoms in total. The Morgan fingerprint density at radius 1 is 1.32 bits per heavy atom. The van der Waals surface area contributed by atoms with Gasteiger partial charge in [-0.3, -0.25) is 0 Å². The number of nitrogens with zero attached hydrogens (tertiary/aromatic N) is 1. The van der Waals surface area contributed by atoms with Gasteiger partial charge < -0.3 is 10.2 Å². The van der Waals surface area contributed by atoms with Crippen LogP contribution in [0, 0.1) is 0 Å². The van der Waals surface area contributed by atoms with Crippen LogP contribution in [0.4, 0.5) is 5.69 Å². The normalized spacial score (nSPS) is 10.9. The Labute approximate surface area is 127 Å². The zero-order valence-corrected chi connectivity index (χ0v) is 13.7. The lowest BCUT2D eigenvalue weighted by atomic mass is 10.2. The Bertz CT molecular complexity index is 524. The van der Waals surface area contributed by atoms with Gasteiger partial charge in [0.05, 0.1) is 0 Å². The van der Waals surface area contributed by atoms with E-state index >= 15 is 0 Å². The van der Waals surface area contributed by atoms with Crippen LogP contribution in [0.15, 0.2) is 40.2 Å². The van der Waals surface area contributed by atoms with E-state index in [4.69, 9.17) is 0 Å². The van der Waals surface area contributed by atoms with Gasteiger partial charge in [-0.05, 0) is 53.2 Å². The molecule has 1 heterocycles. The second-order valence-corrected chi connectivity index (χ2v) is 6.58. The molecular formula is C15H19BrN2S. The minimum Gasteiger partial charge on any atom is -0.388 e. The van der Waals surface area contributed by atoms with Crippen molar-refractivity contribution in [2.45, 2.75) is 13.0 Å². The zero-order chi connectivity index (χ0) is 13.7.